The van der Waals surface area contributed by atoms with Crippen molar-refractivity contribution >= 4 is 0 Å². The monoisotopic (exact) mass is 323 g/mol. The summed E-state index contributed by atoms with van der Waals surface area (Å²) in [5, 5.41) is 4.35. The van der Waals surface area contributed by atoms with Gasteiger partial charge >= 0.3 is 5.69 Å². The predicted octanol–water partition coefficient (Wildman–Crippen LogP) is 3.48. The lowest BCUT2D eigenvalue weighted by Crippen LogP contribution is -2.15. The van der Waals surface area contributed by atoms with E-state index in [0.29, 0.717) is 6.61 Å². The van der Waals surface area contributed by atoms with Crippen molar-refractivity contribution in [1.29, 1.82) is 0 Å². The highest BCUT2D eigenvalue weighted by Gasteiger charge is 2.07. The van der Waals surface area contributed by atoms with Crippen LogP contribution in [0.5, 0.6) is 5.75 Å². The number of aromatic nitrogens is 3. The second-order valence-corrected chi connectivity index (χ2v) is 5.66. The van der Waals surface area contributed by atoms with Crippen molar-refractivity contribution in [2.45, 2.75) is 32.8 Å². The van der Waals surface area contributed by atoms with E-state index in [0.717, 1.165) is 42.1 Å². The largest absolute Gasteiger partial charge is 0.489 e. The highest BCUT2D eigenvalue weighted by Crippen LogP contribution is 2.15. The van der Waals surface area contributed by atoms with Crippen LogP contribution in [0.3, 0.4) is 0 Å². The third-order valence-electron chi connectivity index (χ3n) is 3.76. The Morgan fingerprint density at radius 1 is 1.08 bits per heavy atom. The summed E-state index contributed by atoms with van der Waals surface area (Å²) in [6, 6.07) is 17.4. The van der Waals surface area contributed by atoms with Crippen LogP contribution in [0.1, 0.15) is 31.2 Å². The number of hydrogen-bond donors (Lipinski definition) is 1. The zero-order chi connectivity index (χ0) is 16.8. The van der Waals surface area contributed by atoms with E-state index in [1.54, 1.807) is 0 Å². The molecule has 0 aliphatic heterocycles. The summed E-state index contributed by atoms with van der Waals surface area (Å²) in [5.74, 6) is 1.49. The Hall–Kier alpha value is -2.82. The minimum Gasteiger partial charge on any atom is -0.489 e. The van der Waals surface area contributed by atoms with Gasteiger partial charge in [-0.15, -0.1) is 0 Å². The van der Waals surface area contributed by atoms with Crippen LogP contribution in [0.4, 0.5) is 0 Å². The van der Waals surface area contributed by atoms with Gasteiger partial charge in [0.25, 0.3) is 0 Å². The molecule has 0 aliphatic rings. The first-order valence-corrected chi connectivity index (χ1v) is 8.21. The molecule has 2 aromatic carbocycles. The average molecular weight is 323 g/mol. The maximum Gasteiger partial charge on any atom is 0.348 e. The molecule has 0 amide bonds. The summed E-state index contributed by atoms with van der Waals surface area (Å²) in [4.78, 5) is 14.8. The smallest absolute Gasteiger partial charge is 0.348 e. The normalized spacial score (nSPS) is 10.7. The van der Waals surface area contributed by atoms with Gasteiger partial charge in [-0.05, 0) is 36.2 Å². The van der Waals surface area contributed by atoms with Crippen molar-refractivity contribution in [2.75, 3.05) is 0 Å². The number of benzene rings is 2. The molecule has 5 nitrogen and oxygen atoms in total. The molecule has 0 saturated heterocycles. The molecule has 3 aromatic rings. The van der Waals surface area contributed by atoms with E-state index in [1.165, 1.54) is 4.68 Å². The third-order valence-corrected chi connectivity index (χ3v) is 3.76. The first-order chi connectivity index (χ1) is 11.8. The van der Waals surface area contributed by atoms with Crippen LogP contribution in [-0.4, -0.2) is 14.8 Å². The second kappa shape index (κ2) is 7.64. The summed E-state index contributed by atoms with van der Waals surface area (Å²) in [7, 11) is 0. The molecular formula is C19H21N3O2. The van der Waals surface area contributed by atoms with E-state index in [4.69, 9.17) is 4.74 Å². The molecule has 0 radical (unpaired) electrons. The molecule has 0 aliphatic carbocycles. The third kappa shape index (κ3) is 3.93. The molecule has 3 rings (SSSR count). The van der Waals surface area contributed by atoms with Crippen molar-refractivity contribution in [3.05, 3.63) is 76.5 Å². The molecule has 0 fully saturated rings. The van der Waals surface area contributed by atoms with Gasteiger partial charge in [-0.25, -0.2) is 4.79 Å². The number of unbranched alkanes of at least 4 members (excludes halogenated alkanes) is 1. The Kier molecular flexibility index (Phi) is 5.11. The van der Waals surface area contributed by atoms with Crippen LogP contribution in [0.2, 0.25) is 0 Å². The van der Waals surface area contributed by atoms with Gasteiger partial charge in [-0.2, -0.15) is 9.78 Å². The van der Waals surface area contributed by atoms with Gasteiger partial charge < -0.3 is 4.74 Å². The highest BCUT2D eigenvalue weighted by atomic mass is 16.5. The number of ether oxygens (including phenoxy) is 1. The van der Waals surface area contributed by atoms with Gasteiger partial charge in [-0.3, -0.25) is 4.98 Å². The number of aryl methyl sites for hydroxylation is 1. The number of aromatic amines is 1. The van der Waals surface area contributed by atoms with E-state index in [1.807, 2.05) is 54.6 Å². The fourth-order valence-electron chi connectivity index (χ4n) is 2.42. The van der Waals surface area contributed by atoms with Gasteiger partial charge in [0.1, 0.15) is 18.2 Å². The quantitative estimate of drug-likeness (QED) is 0.724. The molecular weight excluding hydrogens is 302 g/mol. The molecule has 0 atom stereocenters. The number of rotatable bonds is 7. The van der Waals surface area contributed by atoms with Crippen LogP contribution < -0.4 is 10.4 Å². The summed E-state index contributed by atoms with van der Waals surface area (Å²) in [6.45, 7) is 2.63. The van der Waals surface area contributed by atoms with Gasteiger partial charge in [0, 0.05) is 6.42 Å². The molecule has 1 aromatic heterocycles. The van der Waals surface area contributed by atoms with Gasteiger partial charge in [0.2, 0.25) is 0 Å². The minimum absolute atomic E-state index is 0.209. The fraction of sp³-hybridized carbons (Fsp3) is 0.263. The maximum absolute atomic E-state index is 12.0. The first-order valence-electron chi connectivity index (χ1n) is 8.21. The Balaban J connectivity index is 1.68. The van der Waals surface area contributed by atoms with E-state index >= 15 is 0 Å². The van der Waals surface area contributed by atoms with Crippen molar-refractivity contribution < 1.29 is 4.74 Å². The standard InChI is InChI=1S/C19H21N3O2/c1-2-3-9-18-20-19(23)22(21-18)16-10-12-17(13-11-16)24-14-15-7-5-4-6-8-15/h4-8,10-13H,2-3,9,14H2,1H3,(H,20,21,23). The summed E-state index contributed by atoms with van der Waals surface area (Å²) in [5.41, 5.74) is 1.63. The van der Waals surface area contributed by atoms with E-state index in [2.05, 4.69) is 17.0 Å². The Morgan fingerprint density at radius 2 is 1.83 bits per heavy atom. The number of nitrogens with one attached hydrogen (secondary N) is 1. The SMILES string of the molecule is CCCCc1nn(-c2ccc(OCc3ccccc3)cc2)c(=O)[nH]1. The molecule has 1 N–H and O–H groups in total. The second-order valence-electron chi connectivity index (χ2n) is 5.66. The molecule has 0 spiro atoms. The Bertz CT molecular complexity index is 820. The first kappa shape index (κ1) is 16.1. The van der Waals surface area contributed by atoms with Gasteiger partial charge in [-0.1, -0.05) is 43.7 Å². The molecule has 0 bridgehead atoms. The van der Waals surface area contributed by atoms with Crippen molar-refractivity contribution in [3.63, 3.8) is 0 Å². The minimum atomic E-state index is -0.209. The zero-order valence-corrected chi connectivity index (χ0v) is 13.7. The van der Waals surface area contributed by atoms with Gasteiger partial charge in [0.15, 0.2) is 0 Å². The maximum atomic E-state index is 12.0. The summed E-state index contributed by atoms with van der Waals surface area (Å²) in [6.07, 6.45) is 2.87. The van der Waals surface area contributed by atoms with Crippen LogP contribution in [-0.2, 0) is 13.0 Å². The van der Waals surface area contributed by atoms with Crippen molar-refractivity contribution in [2.24, 2.45) is 0 Å². The Morgan fingerprint density at radius 3 is 2.54 bits per heavy atom. The Labute approximate surface area is 140 Å². The molecule has 1 heterocycles. The zero-order valence-electron chi connectivity index (χ0n) is 13.7. The van der Waals surface area contributed by atoms with Crippen LogP contribution >= 0.6 is 0 Å². The molecule has 5 heteroatoms. The number of hydrogen-bond acceptors (Lipinski definition) is 3. The summed E-state index contributed by atoms with van der Waals surface area (Å²) >= 11 is 0. The lowest BCUT2D eigenvalue weighted by molar-refractivity contribution is 0.306. The van der Waals surface area contributed by atoms with Crippen molar-refractivity contribution in [3.8, 4) is 11.4 Å². The lowest BCUT2D eigenvalue weighted by atomic mass is 10.2. The summed E-state index contributed by atoms with van der Waals surface area (Å²) < 4.78 is 7.15. The topological polar surface area (TPSA) is 59.9 Å². The predicted molar refractivity (Wildman–Crippen MR) is 93.6 cm³/mol. The molecule has 24 heavy (non-hydrogen) atoms. The van der Waals surface area contributed by atoms with Gasteiger partial charge in [0.05, 0.1) is 5.69 Å². The van der Waals surface area contributed by atoms with E-state index in [9.17, 15) is 4.79 Å². The lowest BCUT2D eigenvalue weighted by Gasteiger charge is -2.07. The van der Waals surface area contributed by atoms with E-state index in [-0.39, 0.29) is 5.69 Å². The molecule has 0 saturated carbocycles. The fourth-order valence-corrected chi connectivity index (χ4v) is 2.42. The van der Waals surface area contributed by atoms with Crippen molar-refractivity contribution in [1.82, 2.24) is 14.8 Å². The number of H-pyrrole nitrogens is 1. The van der Waals surface area contributed by atoms with Crippen LogP contribution in [0.15, 0.2) is 59.4 Å². The van der Waals surface area contributed by atoms with E-state index < -0.39 is 0 Å². The van der Waals surface area contributed by atoms with Crippen LogP contribution in [0.25, 0.3) is 5.69 Å². The molecule has 0 unspecified atom stereocenters. The average Bonchev–Trinajstić information content (AvgIpc) is 3.00. The number of nitrogens with zero attached hydrogens (tertiary/aromatic N) is 2. The highest BCUT2D eigenvalue weighted by molar-refractivity contribution is 5.36. The molecule has 124 valence electrons. The van der Waals surface area contributed by atoms with Crippen LogP contribution in [0, 0.1) is 0 Å².